The number of benzene rings is 2. The average molecular weight is 404 g/mol. The number of hydrogen-bond acceptors (Lipinski definition) is 5. The van der Waals surface area contributed by atoms with Gasteiger partial charge in [-0.05, 0) is 34.7 Å². The van der Waals surface area contributed by atoms with Crippen LogP contribution in [0.5, 0.6) is 11.5 Å². The topological polar surface area (TPSA) is 50.7 Å². The van der Waals surface area contributed by atoms with Gasteiger partial charge >= 0.3 is 0 Å². The number of aliphatic hydroxyl groups is 1. The molecule has 1 atom stereocenters. The first kappa shape index (κ1) is 19.7. The molecule has 0 spiro atoms. The Morgan fingerprint density at radius 3 is 2.67 bits per heavy atom. The predicted molar refractivity (Wildman–Crippen MR) is 110 cm³/mol. The summed E-state index contributed by atoms with van der Waals surface area (Å²) >= 11 is 8.05. The minimum atomic E-state index is -0.558. The summed E-state index contributed by atoms with van der Waals surface area (Å²) in [5.74, 6) is 1.14. The molecule has 4 nitrogen and oxygen atoms in total. The summed E-state index contributed by atoms with van der Waals surface area (Å²) in [5, 5.41) is 16.0. The molecule has 0 saturated carbocycles. The Labute approximate surface area is 168 Å². The fourth-order valence-corrected chi connectivity index (χ4v) is 3.60. The zero-order valence-electron chi connectivity index (χ0n) is 15.0. The molecule has 0 bridgehead atoms. The lowest BCUT2D eigenvalue weighted by Crippen LogP contribution is -2.21. The molecule has 0 aliphatic carbocycles. The molecule has 1 heterocycles. The smallest absolute Gasteiger partial charge is 0.180 e. The van der Waals surface area contributed by atoms with Gasteiger partial charge < -0.3 is 19.9 Å². The number of aliphatic hydroxyl groups excluding tert-OH is 1. The standard InChI is InChI=1S/C21H22ClNO3S/c1-25-20-11-15(12-23-13-19(24)16-6-3-2-4-7-16)10-18(22)21(20)26-14-17-8-5-9-27-17/h2-11,19,23-24H,12-14H2,1H3/t19-/m1/s1. The van der Waals surface area contributed by atoms with E-state index in [4.69, 9.17) is 21.1 Å². The number of halogens is 1. The fraction of sp³-hybridized carbons (Fsp3) is 0.238. The molecule has 27 heavy (non-hydrogen) atoms. The normalized spacial score (nSPS) is 12.0. The van der Waals surface area contributed by atoms with Crippen molar-refractivity contribution in [1.82, 2.24) is 5.32 Å². The maximum Gasteiger partial charge on any atom is 0.180 e. The van der Waals surface area contributed by atoms with Gasteiger partial charge in [-0.15, -0.1) is 11.3 Å². The van der Waals surface area contributed by atoms with Crippen LogP contribution in [0.1, 0.15) is 22.1 Å². The molecule has 3 aromatic rings. The third kappa shape index (κ3) is 5.47. The summed E-state index contributed by atoms with van der Waals surface area (Å²) in [7, 11) is 1.60. The van der Waals surface area contributed by atoms with E-state index in [0.29, 0.717) is 36.2 Å². The maximum atomic E-state index is 10.2. The van der Waals surface area contributed by atoms with Crippen LogP contribution < -0.4 is 14.8 Å². The SMILES string of the molecule is COc1cc(CNC[C@@H](O)c2ccccc2)cc(Cl)c1OCc1cccs1. The lowest BCUT2D eigenvalue weighted by atomic mass is 10.1. The van der Waals surface area contributed by atoms with Gasteiger partial charge in [-0.3, -0.25) is 0 Å². The largest absolute Gasteiger partial charge is 0.493 e. The van der Waals surface area contributed by atoms with Crippen LogP contribution in [0.4, 0.5) is 0 Å². The molecule has 0 saturated heterocycles. The third-order valence-electron chi connectivity index (χ3n) is 4.08. The monoisotopic (exact) mass is 403 g/mol. The second-order valence-corrected chi connectivity index (χ2v) is 7.47. The van der Waals surface area contributed by atoms with E-state index in [-0.39, 0.29) is 0 Å². The van der Waals surface area contributed by atoms with Crippen molar-refractivity contribution in [2.45, 2.75) is 19.3 Å². The van der Waals surface area contributed by atoms with Crippen LogP contribution >= 0.6 is 22.9 Å². The van der Waals surface area contributed by atoms with Crippen molar-refractivity contribution in [3.05, 3.63) is 81.0 Å². The van der Waals surface area contributed by atoms with Crippen LogP contribution in [0, 0.1) is 0 Å². The molecule has 6 heteroatoms. The average Bonchev–Trinajstić information content (AvgIpc) is 3.21. The highest BCUT2D eigenvalue weighted by molar-refractivity contribution is 7.09. The zero-order valence-corrected chi connectivity index (χ0v) is 16.6. The quantitative estimate of drug-likeness (QED) is 0.538. The molecule has 0 unspecified atom stereocenters. The summed E-state index contributed by atoms with van der Waals surface area (Å²) in [5.41, 5.74) is 1.85. The molecular formula is C21H22ClNO3S. The molecule has 0 aliphatic rings. The predicted octanol–water partition coefficient (Wildman–Crippen LogP) is 4.81. The molecule has 142 valence electrons. The molecule has 0 fully saturated rings. The van der Waals surface area contributed by atoms with E-state index in [2.05, 4.69) is 5.32 Å². The van der Waals surface area contributed by atoms with E-state index in [1.54, 1.807) is 18.4 Å². The van der Waals surface area contributed by atoms with Gasteiger partial charge in [0.25, 0.3) is 0 Å². The molecule has 2 N–H and O–H groups in total. The summed E-state index contributed by atoms with van der Waals surface area (Å²) in [6, 6.07) is 17.3. The molecule has 2 aromatic carbocycles. The summed E-state index contributed by atoms with van der Waals surface area (Å²) < 4.78 is 11.3. The van der Waals surface area contributed by atoms with Crippen LogP contribution in [-0.4, -0.2) is 18.8 Å². The Hall–Kier alpha value is -2.05. The first-order chi connectivity index (χ1) is 13.2. The van der Waals surface area contributed by atoms with Crippen LogP contribution in [0.2, 0.25) is 5.02 Å². The lowest BCUT2D eigenvalue weighted by Gasteiger charge is -2.15. The van der Waals surface area contributed by atoms with Crippen molar-refractivity contribution in [1.29, 1.82) is 0 Å². The molecule has 1 aromatic heterocycles. The van der Waals surface area contributed by atoms with Crippen molar-refractivity contribution < 1.29 is 14.6 Å². The number of methoxy groups -OCH3 is 1. The van der Waals surface area contributed by atoms with E-state index >= 15 is 0 Å². The zero-order chi connectivity index (χ0) is 19.1. The van der Waals surface area contributed by atoms with E-state index in [1.807, 2.05) is 60.0 Å². The molecular weight excluding hydrogens is 382 g/mol. The first-order valence-corrected chi connectivity index (χ1v) is 9.88. The van der Waals surface area contributed by atoms with Gasteiger partial charge in [0, 0.05) is 18.0 Å². The van der Waals surface area contributed by atoms with Gasteiger partial charge in [-0.1, -0.05) is 48.0 Å². The minimum absolute atomic E-state index is 0.445. The van der Waals surface area contributed by atoms with E-state index in [0.717, 1.165) is 16.0 Å². The van der Waals surface area contributed by atoms with Crippen molar-refractivity contribution in [3.8, 4) is 11.5 Å². The summed E-state index contributed by atoms with van der Waals surface area (Å²) in [6.07, 6.45) is -0.558. The molecule has 0 aliphatic heterocycles. The van der Waals surface area contributed by atoms with Crippen molar-refractivity contribution in [2.24, 2.45) is 0 Å². The van der Waals surface area contributed by atoms with Gasteiger partial charge in [0.2, 0.25) is 0 Å². The Bertz CT molecular complexity index is 840. The Morgan fingerprint density at radius 1 is 1.15 bits per heavy atom. The van der Waals surface area contributed by atoms with Crippen molar-refractivity contribution >= 4 is 22.9 Å². The molecule has 0 radical (unpaired) electrons. The van der Waals surface area contributed by atoms with Crippen molar-refractivity contribution in [3.63, 3.8) is 0 Å². The number of thiophene rings is 1. The third-order valence-corrected chi connectivity index (χ3v) is 5.21. The Balaban J connectivity index is 1.60. The van der Waals surface area contributed by atoms with E-state index in [1.165, 1.54) is 0 Å². The van der Waals surface area contributed by atoms with Gasteiger partial charge in [-0.2, -0.15) is 0 Å². The van der Waals surface area contributed by atoms with Crippen molar-refractivity contribution in [2.75, 3.05) is 13.7 Å². The van der Waals surface area contributed by atoms with E-state index < -0.39 is 6.10 Å². The second kappa shape index (κ2) is 9.76. The van der Waals surface area contributed by atoms with Gasteiger partial charge in [0.05, 0.1) is 18.2 Å². The lowest BCUT2D eigenvalue weighted by molar-refractivity contribution is 0.174. The van der Waals surface area contributed by atoms with Crippen LogP contribution in [0.25, 0.3) is 0 Å². The van der Waals surface area contributed by atoms with Crippen LogP contribution in [0.15, 0.2) is 60.0 Å². The Morgan fingerprint density at radius 2 is 1.96 bits per heavy atom. The highest BCUT2D eigenvalue weighted by Gasteiger charge is 2.13. The fourth-order valence-electron chi connectivity index (χ4n) is 2.70. The second-order valence-electron chi connectivity index (χ2n) is 6.03. The summed E-state index contributed by atoms with van der Waals surface area (Å²) in [6.45, 7) is 1.46. The highest BCUT2D eigenvalue weighted by atomic mass is 35.5. The Kier molecular flexibility index (Phi) is 7.12. The number of rotatable bonds is 9. The number of hydrogen-bond donors (Lipinski definition) is 2. The number of nitrogens with one attached hydrogen (secondary N) is 1. The maximum absolute atomic E-state index is 10.2. The molecule has 0 amide bonds. The molecule has 3 rings (SSSR count). The van der Waals surface area contributed by atoms with E-state index in [9.17, 15) is 5.11 Å². The summed E-state index contributed by atoms with van der Waals surface area (Å²) in [4.78, 5) is 1.12. The van der Waals surface area contributed by atoms with Gasteiger partial charge in [0.15, 0.2) is 11.5 Å². The van der Waals surface area contributed by atoms with Crippen LogP contribution in [0.3, 0.4) is 0 Å². The van der Waals surface area contributed by atoms with Gasteiger partial charge in [-0.25, -0.2) is 0 Å². The van der Waals surface area contributed by atoms with Crippen LogP contribution in [-0.2, 0) is 13.2 Å². The first-order valence-electron chi connectivity index (χ1n) is 8.62. The highest BCUT2D eigenvalue weighted by Crippen LogP contribution is 2.37. The minimum Gasteiger partial charge on any atom is -0.493 e. The van der Waals surface area contributed by atoms with Gasteiger partial charge in [0.1, 0.15) is 6.61 Å². The number of ether oxygens (including phenoxy) is 2.